The first-order valence-electron chi connectivity index (χ1n) is 5.25. The molecule has 1 aromatic carbocycles. The summed E-state index contributed by atoms with van der Waals surface area (Å²) in [6, 6.07) is 5.40. The van der Waals surface area contributed by atoms with Crippen molar-refractivity contribution in [1.29, 1.82) is 0 Å². The molecule has 1 aliphatic rings. The molecular weight excluding hydrogens is 240 g/mol. The first-order chi connectivity index (χ1) is 8.49. The molecule has 0 bridgehead atoms. The summed E-state index contributed by atoms with van der Waals surface area (Å²) in [4.78, 5) is 33.8. The summed E-state index contributed by atoms with van der Waals surface area (Å²) in [5, 5.41) is 19.3. The summed E-state index contributed by atoms with van der Waals surface area (Å²) in [6.45, 7) is 0.299. The van der Waals surface area contributed by atoms with Crippen LogP contribution in [-0.4, -0.2) is 39.9 Å². The average Bonchev–Trinajstić information content (AvgIpc) is 2.26. The Bertz CT molecular complexity index is 522. The van der Waals surface area contributed by atoms with Gasteiger partial charge in [-0.15, -0.1) is 0 Å². The third kappa shape index (κ3) is 2.15. The topological polar surface area (TPSA) is 101 Å². The van der Waals surface area contributed by atoms with Crippen LogP contribution >= 0.6 is 0 Å². The number of aliphatic carboxylic acids is 1. The lowest BCUT2D eigenvalue weighted by atomic mass is 9.99. The number of nitrogens with zero attached hydrogens (tertiary/aromatic N) is 2. The van der Waals surface area contributed by atoms with Gasteiger partial charge in [0.25, 0.3) is 11.6 Å². The van der Waals surface area contributed by atoms with Gasteiger partial charge in [-0.25, -0.2) is 0 Å². The standard InChI is InChI=1S/C11H10N2O5/c14-10(12-5-8(6-12)11(15)16)7-2-1-3-9(4-7)13(17)18/h1-4,8H,5-6H2,(H,15,16). The van der Waals surface area contributed by atoms with Crippen LogP contribution in [0.1, 0.15) is 10.4 Å². The monoisotopic (exact) mass is 250 g/mol. The second-order valence-corrected chi connectivity index (χ2v) is 4.05. The van der Waals surface area contributed by atoms with E-state index in [1.807, 2.05) is 0 Å². The normalized spacial score (nSPS) is 15.0. The molecular formula is C11H10N2O5. The smallest absolute Gasteiger partial charge is 0.310 e. The molecule has 0 radical (unpaired) electrons. The molecule has 0 aliphatic carbocycles. The lowest BCUT2D eigenvalue weighted by Crippen LogP contribution is -2.53. The fraction of sp³-hybridized carbons (Fsp3) is 0.273. The lowest BCUT2D eigenvalue weighted by molar-refractivity contribution is -0.384. The van der Waals surface area contributed by atoms with Gasteiger partial charge >= 0.3 is 5.97 Å². The van der Waals surface area contributed by atoms with Gasteiger partial charge in [0.15, 0.2) is 0 Å². The molecule has 2 rings (SSSR count). The van der Waals surface area contributed by atoms with Crippen molar-refractivity contribution in [3.8, 4) is 0 Å². The van der Waals surface area contributed by atoms with Gasteiger partial charge in [0, 0.05) is 30.8 Å². The van der Waals surface area contributed by atoms with Crippen LogP contribution in [0.15, 0.2) is 24.3 Å². The lowest BCUT2D eigenvalue weighted by Gasteiger charge is -2.36. The van der Waals surface area contributed by atoms with Crippen LogP contribution in [-0.2, 0) is 4.79 Å². The first-order valence-corrected chi connectivity index (χ1v) is 5.25. The third-order valence-corrected chi connectivity index (χ3v) is 2.82. The van der Waals surface area contributed by atoms with Gasteiger partial charge < -0.3 is 10.0 Å². The number of hydrogen-bond acceptors (Lipinski definition) is 4. The maximum Gasteiger partial charge on any atom is 0.310 e. The highest BCUT2D eigenvalue weighted by Gasteiger charge is 2.36. The number of nitro groups is 1. The number of carbonyl (C=O) groups excluding carboxylic acids is 1. The molecule has 1 amide bonds. The molecule has 7 heteroatoms. The maximum atomic E-state index is 11.9. The number of amides is 1. The van der Waals surface area contributed by atoms with E-state index in [0.29, 0.717) is 0 Å². The van der Waals surface area contributed by atoms with Crippen LogP contribution in [0.2, 0.25) is 0 Å². The minimum Gasteiger partial charge on any atom is -0.481 e. The maximum absolute atomic E-state index is 11.9. The fourth-order valence-electron chi connectivity index (χ4n) is 1.74. The van der Waals surface area contributed by atoms with E-state index < -0.39 is 16.8 Å². The van der Waals surface area contributed by atoms with E-state index in [1.165, 1.54) is 29.2 Å². The fourth-order valence-corrected chi connectivity index (χ4v) is 1.74. The van der Waals surface area contributed by atoms with E-state index in [2.05, 4.69) is 0 Å². The highest BCUT2D eigenvalue weighted by molar-refractivity contribution is 5.96. The molecule has 1 N–H and O–H groups in total. The van der Waals surface area contributed by atoms with E-state index >= 15 is 0 Å². The van der Waals surface area contributed by atoms with Gasteiger partial charge in [-0.1, -0.05) is 6.07 Å². The highest BCUT2D eigenvalue weighted by Crippen LogP contribution is 2.21. The van der Waals surface area contributed by atoms with Gasteiger partial charge in [-0.05, 0) is 6.07 Å². The number of nitro benzene ring substituents is 1. The molecule has 1 aromatic rings. The SMILES string of the molecule is O=C(O)C1CN(C(=O)c2cccc([N+](=O)[O-])c2)C1. The molecule has 18 heavy (non-hydrogen) atoms. The average molecular weight is 250 g/mol. The van der Waals surface area contributed by atoms with Crippen molar-refractivity contribution in [2.45, 2.75) is 0 Å². The predicted molar refractivity (Wildman–Crippen MR) is 60.1 cm³/mol. The predicted octanol–water partition coefficient (Wildman–Crippen LogP) is 0.751. The molecule has 1 fully saturated rings. The van der Waals surface area contributed by atoms with Crippen molar-refractivity contribution in [1.82, 2.24) is 4.90 Å². The second kappa shape index (κ2) is 4.44. The Morgan fingerprint density at radius 2 is 2.06 bits per heavy atom. The Labute approximate surface area is 102 Å². The molecule has 1 aliphatic heterocycles. The van der Waals surface area contributed by atoms with Crippen LogP contribution < -0.4 is 0 Å². The van der Waals surface area contributed by atoms with Gasteiger partial charge in [-0.3, -0.25) is 19.7 Å². The number of likely N-dealkylation sites (tertiary alicyclic amines) is 1. The van der Waals surface area contributed by atoms with Crippen LogP contribution in [0.4, 0.5) is 5.69 Å². The zero-order chi connectivity index (χ0) is 13.3. The van der Waals surface area contributed by atoms with E-state index in [0.717, 1.165) is 0 Å². The Morgan fingerprint density at radius 1 is 1.39 bits per heavy atom. The third-order valence-electron chi connectivity index (χ3n) is 2.82. The number of carbonyl (C=O) groups is 2. The summed E-state index contributed by atoms with van der Waals surface area (Å²) in [7, 11) is 0. The summed E-state index contributed by atoms with van der Waals surface area (Å²) >= 11 is 0. The van der Waals surface area contributed by atoms with Gasteiger partial charge in [0.05, 0.1) is 10.8 Å². The van der Waals surface area contributed by atoms with Crippen molar-refractivity contribution in [3.63, 3.8) is 0 Å². The van der Waals surface area contributed by atoms with Crippen molar-refractivity contribution < 1.29 is 19.6 Å². The summed E-state index contributed by atoms with van der Waals surface area (Å²) in [5.74, 6) is -1.85. The van der Waals surface area contributed by atoms with Crippen LogP contribution in [0.3, 0.4) is 0 Å². The van der Waals surface area contributed by atoms with Crippen molar-refractivity contribution in [2.75, 3.05) is 13.1 Å². The minimum absolute atomic E-state index is 0.150. The Balaban J connectivity index is 2.09. The van der Waals surface area contributed by atoms with E-state index in [1.54, 1.807) is 0 Å². The zero-order valence-corrected chi connectivity index (χ0v) is 9.28. The minimum atomic E-state index is -0.932. The van der Waals surface area contributed by atoms with Crippen molar-refractivity contribution >= 4 is 17.6 Å². The molecule has 1 heterocycles. The molecule has 0 aromatic heterocycles. The number of benzene rings is 1. The first kappa shape index (κ1) is 12.0. The molecule has 7 nitrogen and oxygen atoms in total. The van der Waals surface area contributed by atoms with Crippen molar-refractivity contribution in [2.24, 2.45) is 5.92 Å². The van der Waals surface area contributed by atoms with Gasteiger partial charge in [0.1, 0.15) is 0 Å². The molecule has 0 atom stereocenters. The van der Waals surface area contributed by atoms with E-state index in [-0.39, 0.29) is 30.2 Å². The molecule has 94 valence electrons. The number of hydrogen-bond donors (Lipinski definition) is 1. The van der Waals surface area contributed by atoms with Crippen LogP contribution in [0.25, 0.3) is 0 Å². The largest absolute Gasteiger partial charge is 0.481 e. The number of non-ortho nitro benzene ring substituents is 1. The summed E-state index contributed by atoms with van der Waals surface area (Å²) in [5.41, 5.74) is 0.0456. The number of carboxylic acid groups (broad SMARTS) is 1. The number of carboxylic acids is 1. The molecule has 1 saturated heterocycles. The Kier molecular flexibility index (Phi) is 2.97. The summed E-state index contributed by atoms with van der Waals surface area (Å²) < 4.78 is 0. The highest BCUT2D eigenvalue weighted by atomic mass is 16.6. The van der Waals surface area contributed by atoms with Crippen LogP contribution in [0.5, 0.6) is 0 Å². The molecule has 0 unspecified atom stereocenters. The summed E-state index contributed by atoms with van der Waals surface area (Å²) in [6.07, 6.45) is 0. The van der Waals surface area contributed by atoms with Gasteiger partial charge in [0.2, 0.25) is 0 Å². The quantitative estimate of drug-likeness (QED) is 0.630. The zero-order valence-electron chi connectivity index (χ0n) is 9.28. The second-order valence-electron chi connectivity index (χ2n) is 4.05. The number of rotatable bonds is 3. The Morgan fingerprint density at radius 3 is 2.61 bits per heavy atom. The Hall–Kier alpha value is -2.44. The van der Waals surface area contributed by atoms with E-state index in [9.17, 15) is 19.7 Å². The molecule has 0 spiro atoms. The van der Waals surface area contributed by atoms with E-state index in [4.69, 9.17) is 5.11 Å². The van der Waals surface area contributed by atoms with Crippen LogP contribution in [0, 0.1) is 16.0 Å². The molecule has 0 saturated carbocycles. The van der Waals surface area contributed by atoms with Gasteiger partial charge in [-0.2, -0.15) is 0 Å². The van der Waals surface area contributed by atoms with Crippen molar-refractivity contribution in [3.05, 3.63) is 39.9 Å².